The second-order valence-corrected chi connectivity index (χ2v) is 8.20. The van der Waals surface area contributed by atoms with Gasteiger partial charge in [-0.05, 0) is 31.9 Å². The molecule has 2 aromatic rings. The number of hydrogen-bond donors (Lipinski definition) is 2. The Morgan fingerprint density at radius 2 is 2.29 bits per heavy atom. The molecule has 1 atom stereocenters. The fraction of sp³-hybridized carbons (Fsp3) is 0.467. The van der Waals surface area contributed by atoms with Crippen LogP contribution in [-0.4, -0.2) is 34.4 Å². The van der Waals surface area contributed by atoms with Crippen molar-refractivity contribution < 1.29 is 9.90 Å². The van der Waals surface area contributed by atoms with Crippen molar-refractivity contribution in [3.05, 3.63) is 24.3 Å². The smallest absolute Gasteiger partial charge is 0.233 e. The molecule has 2 N–H and O–H groups in total. The van der Waals surface area contributed by atoms with Crippen LogP contribution in [0.15, 0.2) is 28.6 Å². The molecule has 1 aromatic heterocycles. The molecule has 1 aliphatic carbocycles. The van der Waals surface area contributed by atoms with Gasteiger partial charge in [-0.2, -0.15) is 0 Å². The van der Waals surface area contributed by atoms with Gasteiger partial charge in [0.15, 0.2) is 4.34 Å². The van der Waals surface area contributed by atoms with Crippen molar-refractivity contribution in [2.24, 2.45) is 5.41 Å². The summed E-state index contributed by atoms with van der Waals surface area (Å²) in [5, 5.41) is 12.0. The topological polar surface area (TPSA) is 62.2 Å². The van der Waals surface area contributed by atoms with E-state index in [1.165, 1.54) is 11.8 Å². The van der Waals surface area contributed by atoms with Gasteiger partial charge in [0.25, 0.3) is 0 Å². The molecule has 3 rings (SSSR count). The molecule has 0 radical (unpaired) electrons. The normalized spacial score (nSPS) is 17.6. The zero-order chi connectivity index (χ0) is 14.9. The van der Waals surface area contributed by atoms with Crippen molar-refractivity contribution in [1.82, 2.24) is 10.3 Å². The van der Waals surface area contributed by atoms with Crippen LogP contribution >= 0.6 is 23.1 Å². The zero-order valence-corrected chi connectivity index (χ0v) is 13.5. The van der Waals surface area contributed by atoms with Gasteiger partial charge in [-0.3, -0.25) is 4.79 Å². The quantitative estimate of drug-likeness (QED) is 0.803. The van der Waals surface area contributed by atoms with Crippen LogP contribution in [0.2, 0.25) is 0 Å². The Bertz CT molecular complexity index is 619. The van der Waals surface area contributed by atoms with E-state index < -0.39 is 0 Å². The predicted molar refractivity (Wildman–Crippen MR) is 86.7 cm³/mol. The average molecular weight is 322 g/mol. The number of carbonyl (C=O) groups excluding carboxylic acids is 1. The second kappa shape index (κ2) is 5.94. The van der Waals surface area contributed by atoms with Crippen LogP contribution in [0.5, 0.6) is 0 Å². The number of para-hydroxylation sites is 1. The highest BCUT2D eigenvalue weighted by Gasteiger charge is 2.42. The molecule has 0 spiro atoms. The van der Waals surface area contributed by atoms with Crippen molar-refractivity contribution in [3.63, 3.8) is 0 Å². The van der Waals surface area contributed by atoms with E-state index in [4.69, 9.17) is 0 Å². The maximum atomic E-state index is 12.1. The Hall–Kier alpha value is -1.11. The predicted octanol–water partition coefficient (Wildman–Crippen LogP) is 2.67. The van der Waals surface area contributed by atoms with Crippen molar-refractivity contribution in [2.45, 2.75) is 29.4 Å². The maximum absolute atomic E-state index is 12.1. The Balaban J connectivity index is 1.57. The number of fused-ring (bicyclic) bond motifs is 1. The highest BCUT2D eigenvalue weighted by molar-refractivity contribution is 8.02. The third kappa shape index (κ3) is 3.39. The summed E-state index contributed by atoms with van der Waals surface area (Å²) in [4.78, 5) is 16.7. The summed E-state index contributed by atoms with van der Waals surface area (Å²) in [6.07, 6.45) is 2.01. The van der Waals surface area contributed by atoms with Crippen LogP contribution in [0.3, 0.4) is 0 Å². The number of thioether (sulfide) groups is 1. The lowest BCUT2D eigenvalue weighted by atomic mass is 10.1. The lowest BCUT2D eigenvalue weighted by Crippen LogP contribution is -2.36. The van der Waals surface area contributed by atoms with Gasteiger partial charge >= 0.3 is 0 Å². The van der Waals surface area contributed by atoms with Crippen molar-refractivity contribution in [2.75, 3.05) is 13.2 Å². The van der Waals surface area contributed by atoms with Gasteiger partial charge in [0.2, 0.25) is 5.91 Å². The van der Waals surface area contributed by atoms with Crippen LogP contribution in [0, 0.1) is 5.41 Å². The third-order valence-electron chi connectivity index (χ3n) is 3.85. The number of aromatic nitrogens is 1. The number of benzene rings is 1. The number of aliphatic hydroxyl groups excluding tert-OH is 1. The first-order chi connectivity index (χ1) is 10.1. The Morgan fingerprint density at radius 1 is 1.52 bits per heavy atom. The monoisotopic (exact) mass is 322 g/mol. The van der Waals surface area contributed by atoms with E-state index in [9.17, 15) is 9.90 Å². The molecule has 112 valence electrons. The minimum atomic E-state index is -0.181. The van der Waals surface area contributed by atoms with E-state index >= 15 is 0 Å². The largest absolute Gasteiger partial charge is 0.396 e. The fourth-order valence-electron chi connectivity index (χ4n) is 2.09. The summed E-state index contributed by atoms with van der Waals surface area (Å²) in [6, 6.07) is 7.99. The molecular formula is C15H18N2O2S2. The van der Waals surface area contributed by atoms with Crippen LogP contribution < -0.4 is 5.32 Å². The molecule has 1 unspecified atom stereocenters. The number of rotatable bonds is 6. The van der Waals surface area contributed by atoms with Crippen LogP contribution in [0.25, 0.3) is 10.2 Å². The highest BCUT2D eigenvalue weighted by atomic mass is 32.2. The second-order valence-electron chi connectivity index (χ2n) is 5.58. The number of hydrogen-bond acceptors (Lipinski definition) is 5. The summed E-state index contributed by atoms with van der Waals surface area (Å²) < 4.78 is 2.06. The van der Waals surface area contributed by atoms with Crippen molar-refractivity contribution in [3.8, 4) is 0 Å². The minimum absolute atomic E-state index is 0.0129. The van der Waals surface area contributed by atoms with Crippen LogP contribution in [0.4, 0.5) is 0 Å². The third-order valence-corrected chi connectivity index (χ3v) is 6.08. The minimum Gasteiger partial charge on any atom is -0.396 e. The number of aliphatic hydroxyl groups is 1. The molecule has 0 saturated heterocycles. The average Bonchev–Trinajstić information content (AvgIpc) is 3.16. The molecule has 1 amide bonds. The van der Waals surface area contributed by atoms with Gasteiger partial charge in [-0.25, -0.2) is 4.98 Å². The molecule has 21 heavy (non-hydrogen) atoms. The SMILES string of the molecule is CC(Sc1nc2ccccc2s1)C(=O)NCC1(CO)CC1. The molecule has 1 heterocycles. The molecule has 0 aliphatic heterocycles. The van der Waals surface area contributed by atoms with Gasteiger partial charge in [0, 0.05) is 12.0 Å². The molecule has 0 bridgehead atoms. The first-order valence-corrected chi connectivity index (χ1v) is 8.72. The summed E-state index contributed by atoms with van der Waals surface area (Å²) >= 11 is 3.10. The maximum Gasteiger partial charge on any atom is 0.233 e. The van der Waals surface area contributed by atoms with E-state index in [-0.39, 0.29) is 23.2 Å². The Labute approximate surface area is 132 Å². The van der Waals surface area contributed by atoms with Gasteiger partial charge in [-0.1, -0.05) is 23.9 Å². The molecular weight excluding hydrogens is 304 g/mol. The number of carbonyl (C=O) groups is 1. The lowest BCUT2D eigenvalue weighted by molar-refractivity contribution is -0.120. The summed E-state index contributed by atoms with van der Waals surface area (Å²) in [7, 11) is 0. The standard InChI is InChI=1S/C15H18N2O2S2/c1-10(13(19)16-8-15(9-18)6-7-15)20-14-17-11-4-2-3-5-12(11)21-14/h2-5,10,18H,6-9H2,1H3,(H,16,19). The van der Waals surface area contributed by atoms with E-state index in [0.717, 1.165) is 27.4 Å². The van der Waals surface area contributed by atoms with Gasteiger partial charge < -0.3 is 10.4 Å². The summed E-state index contributed by atoms with van der Waals surface area (Å²) in [5.41, 5.74) is 0.936. The van der Waals surface area contributed by atoms with Crippen LogP contribution in [-0.2, 0) is 4.79 Å². The Morgan fingerprint density at radius 3 is 2.95 bits per heavy atom. The van der Waals surface area contributed by atoms with E-state index in [2.05, 4.69) is 10.3 Å². The molecule has 1 aromatic carbocycles. The zero-order valence-electron chi connectivity index (χ0n) is 11.8. The van der Waals surface area contributed by atoms with E-state index in [1.54, 1.807) is 11.3 Å². The van der Waals surface area contributed by atoms with E-state index in [1.807, 2.05) is 31.2 Å². The first-order valence-electron chi connectivity index (χ1n) is 7.03. The van der Waals surface area contributed by atoms with Gasteiger partial charge in [0.1, 0.15) is 0 Å². The van der Waals surface area contributed by atoms with Crippen LogP contribution in [0.1, 0.15) is 19.8 Å². The van der Waals surface area contributed by atoms with E-state index in [0.29, 0.717) is 6.54 Å². The molecule has 1 aliphatic rings. The first kappa shape index (κ1) is 14.8. The molecule has 4 nitrogen and oxygen atoms in total. The highest BCUT2D eigenvalue weighted by Crippen LogP contribution is 2.44. The number of thiazole rings is 1. The molecule has 6 heteroatoms. The number of nitrogens with zero attached hydrogens (tertiary/aromatic N) is 1. The van der Waals surface area contributed by atoms with Gasteiger partial charge in [-0.15, -0.1) is 11.3 Å². The number of amides is 1. The summed E-state index contributed by atoms with van der Waals surface area (Å²) in [5.74, 6) is 0.0129. The van der Waals surface area contributed by atoms with Crippen molar-refractivity contribution >= 4 is 39.2 Å². The Kier molecular flexibility index (Phi) is 4.19. The number of nitrogens with one attached hydrogen (secondary N) is 1. The van der Waals surface area contributed by atoms with Gasteiger partial charge in [0.05, 0.1) is 22.1 Å². The van der Waals surface area contributed by atoms with Crippen molar-refractivity contribution in [1.29, 1.82) is 0 Å². The fourth-order valence-corrected chi connectivity index (χ4v) is 4.33. The molecule has 1 fully saturated rings. The lowest BCUT2D eigenvalue weighted by Gasteiger charge is -2.15. The molecule has 1 saturated carbocycles. The summed E-state index contributed by atoms with van der Waals surface area (Å²) in [6.45, 7) is 2.63.